The molecule has 1 aromatic heterocycles. The summed E-state index contributed by atoms with van der Waals surface area (Å²) in [6.45, 7) is 2.12. The number of pyridine rings is 1. The summed E-state index contributed by atoms with van der Waals surface area (Å²) < 4.78 is 0. The van der Waals surface area contributed by atoms with Crippen LogP contribution in [0.5, 0.6) is 0 Å². The Kier molecular flexibility index (Phi) is 7.24. The van der Waals surface area contributed by atoms with E-state index < -0.39 is 4.92 Å². The zero-order chi connectivity index (χ0) is 14.1. The van der Waals surface area contributed by atoms with E-state index in [0.717, 1.165) is 24.7 Å². The minimum absolute atomic E-state index is 0.256. The van der Waals surface area contributed by atoms with Crippen LogP contribution in [0.3, 0.4) is 0 Å². The third-order valence-electron chi connectivity index (χ3n) is 2.18. The van der Waals surface area contributed by atoms with Crippen LogP contribution in [0.25, 0.3) is 0 Å². The molecule has 2 N–H and O–H groups in total. The molecule has 1 aromatic rings. The van der Waals surface area contributed by atoms with Crippen LogP contribution in [-0.4, -0.2) is 23.0 Å². The highest BCUT2D eigenvalue weighted by Crippen LogP contribution is 2.04. The lowest BCUT2D eigenvalue weighted by molar-refractivity contribution is -0.403. The molecule has 0 fully saturated rings. The Morgan fingerprint density at radius 2 is 2.32 bits per heavy atom. The summed E-state index contributed by atoms with van der Waals surface area (Å²) in [7, 11) is 0. The first-order valence-electron chi connectivity index (χ1n) is 5.67. The molecule has 0 aliphatic carbocycles. The van der Waals surface area contributed by atoms with Gasteiger partial charge >= 0.3 is 0 Å². The molecule has 1 rings (SSSR count). The number of halogens is 1. The first-order chi connectivity index (χ1) is 9.08. The van der Waals surface area contributed by atoms with Crippen LogP contribution >= 0.6 is 24.2 Å². The second-order valence-corrected chi connectivity index (χ2v) is 4.62. The molecule has 19 heavy (non-hydrogen) atoms. The van der Waals surface area contributed by atoms with E-state index in [0.29, 0.717) is 18.2 Å². The van der Waals surface area contributed by atoms with Crippen molar-refractivity contribution in [1.82, 2.24) is 15.6 Å². The van der Waals surface area contributed by atoms with Crippen molar-refractivity contribution in [1.29, 1.82) is 0 Å². The van der Waals surface area contributed by atoms with Gasteiger partial charge in [-0.05, 0) is 24.6 Å². The highest BCUT2D eigenvalue weighted by atomic mass is 35.5. The minimum Gasteiger partial charge on any atom is -0.375 e. The zero-order valence-corrected chi connectivity index (χ0v) is 11.8. The number of thiol groups is 1. The lowest BCUT2D eigenvalue weighted by Crippen LogP contribution is -2.20. The molecular formula is C11H15ClN4O2S. The van der Waals surface area contributed by atoms with Gasteiger partial charge in [0.15, 0.2) is 0 Å². The average Bonchev–Trinajstić information content (AvgIpc) is 2.35. The quantitative estimate of drug-likeness (QED) is 0.224. The summed E-state index contributed by atoms with van der Waals surface area (Å²) in [6, 6.07) is 3.65. The van der Waals surface area contributed by atoms with Gasteiger partial charge in [0, 0.05) is 19.3 Å². The molecule has 8 heteroatoms. The van der Waals surface area contributed by atoms with E-state index >= 15 is 0 Å². The molecule has 1 heterocycles. The van der Waals surface area contributed by atoms with Crippen molar-refractivity contribution in [2.45, 2.75) is 13.0 Å². The van der Waals surface area contributed by atoms with Crippen molar-refractivity contribution in [2.75, 3.05) is 13.1 Å². The second-order valence-electron chi connectivity index (χ2n) is 3.75. The molecule has 0 saturated heterocycles. The van der Waals surface area contributed by atoms with Gasteiger partial charge in [-0.25, -0.2) is 4.98 Å². The lowest BCUT2D eigenvalue weighted by atomic mass is 10.3. The molecule has 0 unspecified atom stereocenters. The Hall–Kier alpha value is -1.31. The van der Waals surface area contributed by atoms with Crippen LogP contribution in [0, 0.1) is 10.1 Å². The van der Waals surface area contributed by atoms with E-state index in [1.54, 1.807) is 12.3 Å². The van der Waals surface area contributed by atoms with Crippen LogP contribution in [0.15, 0.2) is 29.6 Å². The summed E-state index contributed by atoms with van der Waals surface area (Å²) in [5.74, 6) is 0. The van der Waals surface area contributed by atoms with Crippen molar-refractivity contribution < 1.29 is 4.92 Å². The van der Waals surface area contributed by atoms with Gasteiger partial charge in [0.05, 0.1) is 4.92 Å². The Bertz CT molecular complexity index is 439. The third kappa shape index (κ3) is 7.66. The van der Waals surface area contributed by atoms with Gasteiger partial charge in [-0.3, -0.25) is 10.1 Å². The lowest BCUT2D eigenvalue weighted by Gasteiger charge is -2.06. The molecule has 0 aromatic carbocycles. The topological polar surface area (TPSA) is 80.1 Å². The molecule has 6 nitrogen and oxygen atoms in total. The largest absolute Gasteiger partial charge is 0.375 e. The molecule has 0 spiro atoms. The van der Waals surface area contributed by atoms with Gasteiger partial charge < -0.3 is 10.6 Å². The number of hydrogen-bond donors (Lipinski definition) is 3. The monoisotopic (exact) mass is 302 g/mol. The maximum Gasteiger partial charge on any atom is 0.263 e. The highest BCUT2D eigenvalue weighted by Gasteiger charge is 1.97. The van der Waals surface area contributed by atoms with E-state index in [1.807, 2.05) is 6.07 Å². The Morgan fingerprint density at radius 3 is 2.95 bits per heavy atom. The summed E-state index contributed by atoms with van der Waals surface area (Å²) in [4.78, 5) is 13.6. The first-order valence-corrected chi connectivity index (χ1v) is 6.50. The number of aromatic nitrogens is 1. The summed E-state index contributed by atoms with van der Waals surface area (Å²) >= 11 is 9.61. The normalized spacial score (nSPS) is 11.4. The summed E-state index contributed by atoms with van der Waals surface area (Å²) in [5.41, 5.74) is 1.06. The molecule has 104 valence electrons. The zero-order valence-electron chi connectivity index (χ0n) is 10.2. The fraction of sp³-hybridized carbons (Fsp3) is 0.364. The SMILES string of the molecule is O=[N+]([O-])C=C(S)NCCCNCc1ccc(Cl)nc1. The predicted octanol–water partition coefficient (Wildman–Crippen LogP) is 1.81. The van der Waals surface area contributed by atoms with Crippen LogP contribution in [0.1, 0.15) is 12.0 Å². The van der Waals surface area contributed by atoms with Crippen molar-refractivity contribution in [3.8, 4) is 0 Å². The third-order valence-corrected chi connectivity index (χ3v) is 2.68. The number of nitro groups is 1. The van der Waals surface area contributed by atoms with Gasteiger partial charge in [0.1, 0.15) is 10.2 Å². The molecule has 0 atom stereocenters. The fourth-order valence-corrected chi connectivity index (χ4v) is 1.64. The molecule has 0 saturated carbocycles. The number of hydrogen-bond acceptors (Lipinski definition) is 6. The molecule has 0 radical (unpaired) electrons. The van der Waals surface area contributed by atoms with Crippen molar-refractivity contribution in [2.24, 2.45) is 0 Å². The minimum atomic E-state index is -0.541. The van der Waals surface area contributed by atoms with Crippen LogP contribution in [0.2, 0.25) is 5.15 Å². The number of nitrogens with zero attached hydrogens (tertiary/aromatic N) is 2. The standard InChI is InChI=1S/C11H15ClN4O2S/c12-10-3-2-9(7-15-10)6-13-4-1-5-14-11(19)8-16(17)18/h2-3,7-8,13-14,19H,1,4-6H2. The summed E-state index contributed by atoms with van der Waals surface area (Å²) in [5, 5.41) is 16.9. The van der Waals surface area contributed by atoms with Crippen LogP contribution < -0.4 is 10.6 Å². The van der Waals surface area contributed by atoms with E-state index in [1.165, 1.54) is 0 Å². The van der Waals surface area contributed by atoms with Crippen molar-refractivity contribution in [3.05, 3.63) is 50.4 Å². The second kappa shape index (κ2) is 8.73. The van der Waals surface area contributed by atoms with Crippen LogP contribution in [-0.2, 0) is 6.54 Å². The van der Waals surface area contributed by atoms with Crippen LogP contribution in [0.4, 0.5) is 0 Å². The van der Waals surface area contributed by atoms with Crippen molar-refractivity contribution in [3.63, 3.8) is 0 Å². The molecule has 0 aliphatic heterocycles. The Balaban J connectivity index is 2.08. The maximum absolute atomic E-state index is 10.1. The van der Waals surface area contributed by atoms with E-state index in [4.69, 9.17) is 11.6 Å². The van der Waals surface area contributed by atoms with E-state index in [9.17, 15) is 10.1 Å². The average molecular weight is 303 g/mol. The van der Waals surface area contributed by atoms with Gasteiger partial charge in [0.25, 0.3) is 6.20 Å². The highest BCUT2D eigenvalue weighted by molar-refractivity contribution is 7.84. The Morgan fingerprint density at radius 1 is 1.53 bits per heavy atom. The van der Waals surface area contributed by atoms with E-state index in [2.05, 4.69) is 28.2 Å². The van der Waals surface area contributed by atoms with E-state index in [-0.39, 0.29) is 5.03 Å². The molecule has 0 amide bonds. The summed E-state index contributed by atoms with van der Waals surface area (Å²) in [6.07, 6.45) is 3.38. The Labute approximate surface area is 121 Å². The molecular weight excluding hydrogens is 288 g/mol. The maximum atomic E-state index is 10.1. The smallest absolute Gasteiger partial charge is 0.263 e. The predicted molar refractivity (Wildman–Crippen MR) is 77.6 cm³/mol. The van der Waals surface area contributed by atoms with Gasteiger partial charge in [0.2, 0.25) is 0 Å². The first kappa shape index (κ1) is 15.7. The fourth-order valence-electron chi connectivity index (χ4n) is 1.32. The van der Waals surface area contributed by atoms with Gasteiger partial charge in [-0.2, -0.15) is 0 Å². The van der Waals surface area contributed by atoms with Gasteiger partial charge in [-0.1, -0.05) is 17.7 Å². The number of nitrogens with one attached hydrogen (secondary N) is 2. The van der Waals surface area contributed by atoms with Crippen molar-refractivity contribution >= 4 is 24.2 Å². The molecule has 0 bridgehead atoms. The number of rotatable bonds is 8. The van der Waals surface area contributed by atoms with Gasteiger partial charge in [-0.15, -0.1) is 12.6 Å². The molecule has 0 aliphatic rings.